The predicted octanol–water partition coefficient (Wildman–Crippen LogP) is 2.20. The first-order valence-corrected chi connectivity index (χ1v) is 9.75. The standard InChI is InChI=1S/C17H25NO5Se/c1-17(2,3)23-16(21)18-12(9-10-15(19)20)11-24-14-8-6-5-7-13(14)22-4/h5-8,12H,9-11H2,1-4H3,(H,18,21)(H,19,20)/t12-/m0/s1. The van der Waals surface area contributed by atoms with E-state index >= 15 is 0 Å². The molecule has 0 radical (unpaired) electrons. The Morgan fingerprint density at radius 1 is 1.29 bits per heavy atom. The van der Waals surface area contributed by atoms with Gasteiger partial charge in [-0.15, -0.1) is 0 Å². The first-order chi connectivity index (χ1) is 11.2. The van der Waals surface area contributed by atoms with Gasteiger partial charge in [-0.3, -0.25) is 0 Å². The first-order valence-electron chi connectivity index (χ1n) is 7.68. The van der Waals surface area contributed by atoms with Gasteiger partial charge in [0.25, 0.3) is 0 Å². The Hall–Kier alpha value is -1.72. The summed E-state index contributed by atoms with van der Waals surface area (Å²) in [5.74, 6) is -0.0671. The maximum atomic E-state index is 11.9. The molecule has 6 nitrogen and oxygen atoms in total. The van der Waals surface area contributed by atoms with Crippen LogP contribution >= 0.6 is 0 Å². The molecule has 1 aromatic carbocycles. The van der Waals surface area contributed by atoms with Crippen LogP contribution in [0.1, 0.15) is 33.6 Å². The normalized spacial score (nSPS) is 12.3. The number of carboxylic acid groups (broad SMARTS) is 1. The zero-order valence-corrected chi connectivity index (χ0v) is 16.2. The van der Waals surface area contributed by atoms with Gasteiger partial charge in [-0.1, -0.05) is 0 Å². The van der Waals surface area contributed by atoms with E-state index in [1.54, 1.807) is 27.9 Å². The fourth-order valence-electron chi connectivity index (χ4n) is 1.90. The van der Waals surface area contributed by atoms with Crippen molar-refractivity contribution in [3.05, 3.63) is 24.3 Å². The third-order valence-electron chi connectivity index (χ3n) is 2.94. The van der Waals surface area contributed by atoms with E-state index in [9.17, 15) is 9.59 Å². The van der Waals surface area contributed by atoms with Crippen LogP contribution in [0.5, 0.6) is 5.75 Å². The molecule has 0 saturated heterocycles. The van der Waals surface area contributed by atoms with Crippen LogP contribution in [0.2, 0.25) is 5.32 Å². The maximum absolute atomic E-state index is 11.9. The van der Waals surface area contributed by atoms with E-state index < -0.39 is 17.7 Å². The molecule has 0 aliphatic heterocycles. The third-order valence-corrected chi connectivity index (χ3v) is 5.49. The number of rotatable bonds is 8. The number of nitrogens with one attached hydrogen (secondary N) is 1. The molecule has 0 spiro atoms. The fourth-order valence-corrected chi connectivity index (χ4v) is 4.20. The number of carbonyl (C=O) groups is 2. The fraction of sp³-hybridized carbons (Fsp3) is 0.529. The molecule has 134 valence electrons. The zero-order valence-electron chi connectivity index (χ0n) is 14.5. The molecular weight excluding hydrogens is 377 g/mol. The molecule has 24 heavy (non-hydrogen) atoms. The molecule has 0 aliphatic carbocycles. The van der Waals surface area contributed by atoms with Gasteiger partial charge in [0.1, 0.15) is 0 Å². The van der Waals surface area contributed by atoms with Crippen molar-refractivity contribution in [2.24, 2.45) is 0 Å². The van der Waals surface area contributed by atoms with Crippen LogP contribution in [-0.4, -0.2) is 50.9 Å². The summed E-state index contributed by atoms with van der Waals surface area (Å²) >= 11 is 0.0464. The van der Waals surface area contributed by atoms with Gasteiger partial charge in [-0.25, -0.2) is 0 Å². The summed E-state index contributed by atoms with van der Waals surface area (Å²) in [6, 6.07) is 7.47. The molecule has 0 aliphatic rings. The average molecular weight is 402 g/mol. The van der Waals surface area contributed by atoms with Crippen molar-refractivity contribution in [1.29, 1.82) is 0 Å². The van der Waals surface area contributed by atoms with E-state index in [0.717, 1.165) is 10.2 Å². The average Bonchev–Trinajstić information content (AvgIpc) is 2.48. The van der Waals surface area contributed by atoms with Crippen molar-refractivity contribution in [3.63, 3.8) is 0 Å². The van der Waals surface area contributed by atoms with Crippen molar-refractivity contribution in [3.8, 4) is 5.75 Å². The molecule has 1 aromatic rings. The van der Waals surface area contributed by atoms with Crippen molar-refractivity contribution in [2.75, 3.05) is 7.11 Å². The van der Waals surface area contributed by atoms with Gasteiger partial charge < -0.3 is 0 Å². The van der Waals surface area contributed by atoms with E-state index in [4.69, 9.17) is 14.6 Å². The van der Waals surface area contributed by atoms with E-state index in [-0.39, 0.29) is 27.4 Å². The summed E-state index contributed by atoms with van der Waals surface area (Å²) in [5.41, 5.74) is -0.588. The number of hydrogen-bond acceptors (Lipinski definition) is 4. The molecule has 1 amide bonds. The number of carbonyl (C=O) groups excluding carboxylic acids is 1. The quantitative estimate of drug-likeness (QED) is 0.652. The van der Waals surface area contributed by atoms with Crippen molar-refractivity contribution < 1.29 is 24.2 Å². The van der Waals surface area contributed by atoms with Crippen LogP contribution in [-0.2, 0) is 9.53 Å². The number of hydrogen-bond donors (Lipinski definition) is 2. The summed E-state index contributed by atoms with van der Waals surface area (Å²) < 4.78 is 11.7. The Morgan fingerprint density at radius 3 is 2.54 bits per heavy atom. The Balaban J connectivity index is 2.67. The number of benzene rings is 1. The summed E-state index contributed by atoms with van der Waals surface area (Å²) in [7, 11) is 1.62. The van der Waals surface area contributed by atoms with Gasteiger partial charge in [-0.2, -0.15) is 0 Å². The molecule has 0 aromatic heterocycles. The first kappa shape index (κ1) is 20.3. The number of carboxylic acids is 1. The number of amides is 1. The minimum absolute atomic E-state index is 0.00245. The van der Waals surface area contributed by atoms with Crippen LogP contribution in [0, 0.1) is 0 Å². The van der Waals surface area contributed by atoms with E-state index in [0.29, 0.717) is 11.7 Å². The molecule has 1 atom stereocenters. The molecule has 0 fully saturated rings. The second-order valence-corrected chi connectivity index (χ2v) is 8.47. The number of aliphatic carboxylic acids is 1. The van der Waals surface area contributed by atoms with E-state index in [1.807, 2.05) is 24.3 Å². The SMILES string of the molecule is COc1ccccc1[Se]C[C@H](CCC(=O)O)NC(=O)OC(C)(C)C. The number of alkyl carbamates (subject to hydrolysis) is 1. The third kappa shape index (κ3) is 8.22. The molecule has 0 heterocycles. The molecular formula is C17H25NO5Se. The zero-order chi connectivity index (χ0) is 18.2. The summed E-state index contributed by atoms with van der Waals surface area (Å²) in [5, 5.41) is 12.3. The number of methoxy groups -OCH3 is 1. The number of para-hydroxylation sites is 1. The predicted molar refractivity (Wildman–Crippen MR) is 93.2 cm³/mol. The van der Waals surface area contributed by atoms with Crippen LogP contribution < -0.4 is 14.5 Å². The van der Waals surface area contributed by atoms with Crippen LogP contribution in [0.3, 0.4) is 0 Å². The molecule has 7 heteroatoms. The summed E-state index contributed by atoms with van der Waals surface area (Å²) in [6.07, 6.45) is -0.151. The van der Waals surface area contributed by atoms with Crippen LogP contribution in [0.25, 0.3) is 0 Å². The van der Waals surface area contributed by atoms with Crippen molar-refractivity contribution >= 4 is 31.5 Å². The topological polar surface area (TPSA) is 84.9 Å². The van der Waals surface area contributed by atoms with Gasteiger partial charge in [0.15, 0.2) is 0 Å². The van der Waals surface area contributed by atoms with Crippen LogP contribution in [0.4, 0.5) is 4.79 Å². The summed E-state index contributed by atoms with van der Waals surface area (Å²) in [6.45, 7) is 5.37. The van der Waals surface area contributed by atoms with Crippen LogP contribution in [0.15, 0.2) is 24.3 Å². The van der Waals surface area contributed by atoms with E-state index in [1.165, 1.54) is 0 Å². The Morgan fingerprint density at radius 2 is 1.96 bits per heavy atom. The second-order valence-electron chi connectivity index (χ2n) is 6.24. The Kier molecular flexibility index (Phi) is 8.08. The summed E-state index contributed by atoms with van der Waals surface area (Å²) in [4.78, 5) is 22.8. The minimum atomic E-state index is -0.879. The van der Waals surface area contributed by atoms with Gasteiger partial charge >= 0.3 is 149 Å². The molecule has 0 saturated carbocycles. The molecule has 0 unspecified atom stereocenters. The molecule has 1 rings (SSSR count). The van der Waals surface area contributed by atoms with Gasteiger partial charge in [0.2, 0.25) is 0 Å². The van der Waals surface area contributed by atoms with Crippen molar-refractivity contribution in [2.45, 2.75) is 50.6 Å². The number of ether oxygens (including phenoxy) is 2. The Labute approximate surface area is 149 Å². The monoisotopic (exact) mass is 403 g/mol. The Bertz CT molecular complexity index is 556. The van der Waals surface area contributed by atoms with Gasteiger partial charge in [0.05, 0.1) is 0 Å². The molecule has 0 bridgehead atoms. The molecule has 2 N–H and O–H groups in total. The van der Waals surface area contributed by atoms with Gasteiger partial charge in [0, 0.05) is 0 Å². The van der Waals surface area contributed by atoms with E-state index in [2.05, 4.69) is 5.32 Å². The van der Waals surface area contributed by atoms with Gasteiger partial charge in [-0.05, 0) is 0 Å². The second kappa shape index (κ2) is 9.55. The van der Waals surface area contributed by atoms with Crippen molar-refractivity contribution in [1.82, 2.24) is 5.32 Å².